The molecule has 2 amide bonds. The van der Waals surface area contributed by atoms with Crippen molar-refractivity contribution in [3.05, 3.63) is 71.0 Å². The number of methoxy groups -OCH3 is 1. The van der Waals surface area contributed by atoms with E-state index in [1.165, 1.54) is 26.2 Å². The van der Waals surface area contributed by atoms with Crippen molar-refractivity contribution < 1.29 is 23.5 Å². The Morgan fingerprint density at radius 1 is 0.875 bits per heavy atom. The number of nitrogens with one attached hydrogen (secondary N) is 2. The fraction of sp³-hybridized carbons (Fsp3) is 0.400. The van der Waals surface area contributed by atoms with Crippen molar-refractivity contribution in [3.63, 3.8) is 0 Å². The van der Waals surface area contributed by atoms with Crippen LogP contribution in [0.2, 0.25) is 0 Å². The van der Waals surface area contributed by atoms with Gasteiger partial charge in [-0.1, -0.05) is 57.2 Å². The molecule has 0 saturated carbocycles. The van der Waals surface area contributed by atoms with Crippen molar-refractivity contribution in [2.45, 2.75) is 58.0 Å². The van der Waals surface area contributed by atoms with Gasteiger partial charge in [0.15, 0.2) is 0 Å². The van der Waals surface area contributed by atoms with Crippen molar-refractivity contribution in [2.75, 3.05) is 7.11 Å². The van der Waals surface area contributed by atoms with Crippen LogP contribution in [0.25, 0.3) is 0 Å². The van der Waals surface area contributed by atoms with Crippen molar-refractivity contribution in [3.8, 4) is 0 Å². The van der Waals surface area contributed by atoms with Gasteiger partial charge in [0.1, 0.15) is 17.9 Å². The summed E-state index contributed by atoms with van der Waals surface area (Å²) in [6, 6.07) is 11.7. The number of rotatable bonds is 8. The van der Waals surface area contributed by atoms with Crippen LogP contribution >= 0.6 is 0 Å². The summed E-state index contributed by atoms with van der Waals surface area (Å²) >= 11 is 0. The summed E-state index contributed by atoms with van der Waals surface area (Å²) in [6.07, 6.45) is 0.395. The molecular weight excluding hydrogens is 411 g/mol. The molecule has 0 radical (unpaired) electrons. The SMILES string of the molecule is COC(=O)[C@H](Cc1ccc(C(C)(C)C)cc1)NC(=O)[C@H](Cc1ccc(F)cc1)NC(C)=O. The van der Waals surface area contributed by atoms with E-state index in [0.29, 0.717) is 5.56 Å². The zero-order chi connectivity index (χ0) is 23.9. The first-order valence-electron chi connectivity index (χ1n) is 10.5. The number of carbonyl (C=O) groups is 3. The first kappa shape index (κ1) is 25.0. The average Bonchev–Trinajstić information content (AvgIpc) is 2.73. The van der Waals surface area contributed by atoms with E-state index < -0.39 is 29.8 Å². The Balaban J connectivity index is 2.17. The quantitative estimate of drug-likeness (QED) is 0.616. The summed E-state index contributed by atoms with van der Waals surface area (Å²) in [5, 5.41) is 5.29. The molecule has 32 heavy (non-hydrogen) atoms. The number of esters is 1. The van der Waals surface area contributed by atoms with E-state index in [1.807, 2.05) is 24.3 Å². The molecule has 2 aromatic carbocycles. The smallest absolute Gasteiger partial charge is 0.328 e. The minimum absolute atomic E-state index is 0.000427. The summed E-state index contributed by atoms with van der Waals surface area (Å²) in [5.41, 5.74) is 2.70. The molecule has 2 atom stereocenters. The van der Waals surface area contributed by atoms with Crippen LogP contribution in [0, 0.1) is 5.82 Å². The molecule has 2 aromatic rings. The van der Waals surface area contributed by atoms with Crippen LogP contribution in [0.4, 0.5) is 4.39 Å². The van der Waals surface area contributed by atoms with Gasteiger partial charge in [0, 0.05) is 19.8 Å². The number of ether oxygens (including phenoxy) is 1. The molecule has 0 aliphatic rings. The Bertz CT molecular complexity index is 934. The predicted octanol–water partition coefficient (Wildman–Crippen LogP) is 3.07. The maximum atomic E-state index is 13.2. The van der Waals surface area contributed by atoms with Crippen molar-refractivity contribution in [2.24, 2.45) is 0 Å². The Morgan fingerprint density at radius 3 is 1.84 bits per heavy atom. The van der Waals surface area contributed by atoms with E-state index in [4.69, 9.17) is 4.74 Å². The van der Waals surface area contributed by atoms with Gasteiger partial charge >= 0.3 is 5.97 Å². The second-order valence-corrected chi connectivity index (χ2v) is 8.82. The number of halogens is 1. The highest BCUT2D eigenvalue weighted by atomic mass is 19.1. The van der Waals surface area contributed by atoms with Crippen LogP contribution in [-0.2, 0) is 37.4 Å². The van der Waals surface area contributed by atoms with Gasteiger partial charge in [0.25, 0.3) is 0 Å². The fourth-order valence-corrected chi connectivity index (χ4v) is 3.30. The summed E-state index contributed by atoms with van der Waals surface area (Å²) in [4.78, 5) is 36.9. The third kappa shape index (κ3) is 7.48. The highest BCUT2D eigenvalue weighted by molar-refractivity contribution is 5.90. The molecule has 172 valence electrons. The number of hydrogen-bond donors (Lipinski definition) is 2. The molecule has 0 aliphatic carbocycles. The lowest BCUT2D eigenvalue weighted by atomic mass is 9.86. The van der Waals surface area contributed by atoms with Crippen LogP contribution in [0.1, 0.15) is 44.4 Å². The molecule has 0 heterocycles. The van der Waals surface area contributed by atoms with E-state index in [-0.39, 0.29) is 24.2 Å². The summed E-state index contributed by atoms with van der Waals surface area (Å²) in [6.45, 7) is 7.65. The van der Waals surface area contributed by atoms with E-state index in [9.17, 15) is 18.8 Å². The van der Waals surface area contributed by atoms with E-state index in [1.54, 1.807) is 12.1 Å². The van der Waals surface area contributed by atoms with E-state index in [0.717, 1.165) is 11.1 Å². The second kappa shape index (κ2) is 10.9. The van der Waals surface area contributed by atoms with Crippen molar-refractivity contribution in [1.82, 2.24) is 10.6 Å². The third-order valence-corrected chi connectivity index (χ3v) is 5.11. The highest BCUT2D eigenvalue weighted by Gasteiger charge is 2.27. The number of amides is 2. The molecule has 6 nitrogen and oxygen atoms in total. The topological polar surface area (TPSA) is 84.5 Å². The normalized spacial score (nSPS) is 13.1. The molecule has 0 bridgehead atoms. The van der Waals surface area contributed by atoms with Crippen molar-refractivity contribution >= 4 is 17.8 Å². The van der Waals surface area contributed by atoms with Gasteiger partial charge in [-0.25, -0.2) is 9.18 Å². The molecule has 0 aliphatic heterocycles. The Hall–Kier alpha value is -3.22. The monoisotopic (exact) mass is 442 g/mol. The Kier molecular flexibility index (Phi) is 8.52. The fourth-order valence-electron chi connectivity index (χ4n) is 3.30. The largest absolute Gasteiger partial charge is 0.467 e. The standard InChI is InChI=1S/C25H31FN2O4/c1-16(29)27-21(14-18-8-12-20(26)13-9-18)23(30)28-22(24(31)32-5)15-17-6-10-19(11-7-17)25(2,3)4/h6-13,21-22H,14-15H2,1-5H3,(H,27,29)(H,28,30)/t21-,22-/m0/s1. The zero-order valence-electron chi connectivity index (χ0n) is 19.2. The summed E-state index contributed by atoms with van der Waals surface area (Å²) in [7, 11) is 1.26. The zero-order valence-corrected chi connectivity index (χ0v) is 19.2. The maximum Gasteiger partial charge on any atom is 0.328 e. The van der Waals surface area contributed by atoms with Crippen LogP contribution in [0.3, 0.4) is 0 Å². The lowest BCUT2D eigenvalue weighted by molar-refractivity contribution is -0.145. The van der Waals surface area contributed by atoms with Crippen LogP contribution in [0.15, 0.2) is 48.5 Å². The minimum atomic E-state index is -0.923. The maximum absolute atomic E-state index is 13.2. The molecule has 7 heteroatoms. The van der Waals surface area contributed by atoms with Crippen LogP contribution in [0.5, 0.6) is 0 Å². The third-order valence-electron chi connectivity index (χ3n) is 5.11. The molecule has 0 unspecified atom stereocenters. The lowest BCUT2D eigenvalue weighted by Crippen LogP contribution is -2.53. The van der Waals surface area contributed by atoms with Gasteiger partial charge in [-0.05, 0) is 34.2 Å². The van der Waals surface area contributed by atoms with Gasteiger partial charge < -0.3 is 15.4 Å². The van der Waals surface area contributed by atoms with Gasteiger partial charge in [-0.2, -0.15) is 0 Å². The average molecular weight is 443 g/mol. The summed E-state index contributed by atoms with van der Waals surface area (Å²) in [5.74, 6) is -1.88. The number of benzene rings is 2. The minimum Gasteiger partial charge on any atom is -0.467 e. The van der Waals surface area contributed by atoms with Crippen molar-refractivity contribution in [1.29, 1.82) is 0 Å². The number of carbonyl (C=O) groups excluding carboxylic acids is 3. The Morgan fingerprint density at radius 2 is 1.38 bits per heavy atom. The van der Waals surface area contributed by atoms with Crippen LogP contribution in [-0.4, -0.2) is 37.0 Å². The highest BCUT2D eigenvalue weighted by Crippen LogP contribution is 2.22. The molecule has 0 aromatic heterocycles. The molecule has 0 fully saturated rings. The Labute approximate surface area is 188 Å². The first-order valence-corrected chi connectivity index (χ1v) is 10.5. The first-order chi connectivity index (χ1) is 15.0. The van der Waals surface area contributed by atoms with E-state index in [2.05, 4.69) is 31.4 Å². The van der Waals surface area contributed by atoms with Gasteiger partial charge in [-0.15, -0.1) is 0 Å². The number of hydrogen-bond acceptors (Lipinski definition) is 4. The van der Waals surface area contributed by atoms with Gasteiger partial charge in [0.2, 0.25) is 11.8 Å². The predicted molar refractivity (Wildman–Crippen MR) is 121 cm³/mol. The van der Waals surface area contributed by atoms with Gasteiger partial charge in [0.05, 0.1) is 7.11 Å². The van der Waals surface area contributed by atoms with E-state index >= 15 is 0 Å². The molecular formula is C25H31FN2O4. The molecule has 0 saturated heterocycles. The molecule has 2 N–H and O–H groups in total. The van der Waals surface area contributed by atoms with Crippen LogP contribution < -0.4 is 10.6 Å². The molecule has 0 spiro atoms. The molecule has 2 rings (SSSR count). The lowest BCUT2D eigenvalue weighted by Gasteiger charge is -2.23. The second-order valence-electron chi connectivity index (χ2n) is 8.82. The van der Waals surface area contributed by atoms with Gasteiger partial charge in [-0.3, -0.25) is 9.59 Å². The summed E-state index contributed by atoms with van der Waals surface area (Å²) < 4.78 is 18.1.